The summed E-state index contributed by atoms with van der Waals surface area (Å²) in [7, 11) is 1.62. The number of methoxy groups -OCH3 is 1. The summed E-state index contributed by atoms with van der Waals surface area (Å²) in [6.45, 7) is 0.412. The molecule has 0 unspecified atom stereocenters. The maximum atomic E-state index is 13.2. The molecular weight excluding hydrogens is 542 g/mol. The Morgan fingerprint density at radius 1 is 1.11 bits per heavy atom. The highest BCUT2D eigenvalue weighted by Gasteiger charge is 2.37. The van der Waals surface area contributed by atoms with Gasteiger partial charge < -0.3 is 9.47 Å². The number of thioether (sulfide) groups is 1. The first-order valence-corrected chi connectivity index (χ1v) is 13.8. The van der Waals surface area contributed by atoms with Crippen molar-refractivity contribution >= 4 is 67.0 Å². The largest absolute Gasteiger partial charge is 0.493 e. The van der Waals surface area contributed by atoms with Gasteiger partial charge in [0.1, 0.15) is 10.9 Å². The molecule has 1 aliphatic heterocycles. The van der Waals surface area contributed by atoms with Gasteiger partial charge in [-0.3, -0.25) is 9.69 Å². The van der Waals surface area contributed by atoms with Gasteiger partial charge >= 0.3 is 0 Å². The number of halogens is 1. The number of ether oxygens (including phenoxy) is 2. The maximum Gasteiger partial charge on any atom is 0.266 e. The fourth-order valence-corrected chi connectivity index (χ4v) is 6.79. The van der Waals surface area contributed by atoms with Crippen LogP contribution in [0.1, 0.15) is 43.2 Å². The van der Waals surface area contributed by atoms with Gasteiger partial charge in [-0.2, -0.15) is 0 Å². The predicted molar refractivity (Wildman–Crippen MR) is 151 cm³/mol. The van der Waals surface area contributed by atoms with E-state index >= 15 is 0 Å². The van der Waals surface area contributed by atoms with Crippen molar-refractivity contribution in [3.63, 3.8) is 0 Å². The van der Waals surface area contributed by atoms with E-state index in [1.807, 2.05) is 41.3 Å². The van der Waals surface area contributed by atoms with Crippen LogP contribution < -0.4 is 9.47 Å². The van der Waals surface area contributed by atoms with Crippen LogP contribution in [-0.2, 0) is 11.4 Å². The molecule has 3 aromatic carbocycles. The summed E-state index contributed by atoms with van der Waals surface area (Å²) in [6, 6.07) is 18.6. The molecule has 0 radical (unpaired) electrons. The Hall–Kier alpha value is -2.35. The number of benzene rings is 3. The van der Waals surface area contributed by atoms with Gasteiger partial charge in [-0.05, 0) is 68.9 Å². The van der Waals surface area contributed by atoms with Crippen molar-refractivity contribution < 1.29 is 14.3 Å². The third-order valence-corrected chi connectivity index (χ3v) is 8.48. The molecule has 0 atom stereocenters. The first-order chi connectivity index (χ1) is 17.0. The molecule has 2 fully saturated rings. The summed E-state index contributed by atoms with van der Waals surface area (Å²) >= 11 is 10.6. The SMILES string of the molecule is COc1cc(/C=C2/SC(=S)N(C3CCCCC3)C2=O)cc(Br)c1OCc1cccc2ccccc12. The van der Waals surface area contributed by atoms with E-state index in [1.165, 1.54) is 29.0 Å². The third-order valence-electron chi connectivity index (χ3n) is 6.56. The highest BCUT2D eigenvalue weighted by molar-refractivity contribution is 9.10. The summed E-state index contributed by atoms with van der Waals surface area (Å²) in [5.74, 6) is 1.25. The van der Waals surface area contributed by atoms with Crippen molar-refractivity contribution in [3.05, 3.63) is 75.1 Å². The molecule has 4 nitrogen and oxygen atoms in total. The van der Waals surface area contributed by atoms with Crippen LogP contribution in [0.15, 0.2) is 64.0 Å². The van der Waals surface area contributed by atoms with Crippen LogP contribution in [0.25, 0.3) is 16.8 Å². The maximum absolute atomic E-state index is 13.2. The molecule has 35 heavy (non-hydrogen) atoms. The minimum Gasteiger partial charge on any atom is -0.493 e. The van der Waals surface area contributed by atoms with E-state index in [0.29, 0.717) is 27.3 Å². The molecule has 180 valence electrons. The highest BCUT2D eigenvalue weighted by Crippen LogP contribution is 2.41. The zero-order valence-corrected chi connectivity index (χ0v) is 22.7. The van der Waals surface area contributed by atoms with E-state index in [0.717, 1.165) is 41.3 Å². The minimum absolute atomic E-state index is 0.0123. The van der Waals surface area contributed by atoms with Crippen LogP contribution in [0.5, 0.6) is 11.5 Å². The van der Waals surface area contributed by atoms with Crippen molar-refractivity contribution in [2.24, 2.45) is 0 Å². The Kier molecular flexibility index (Phi) is 7.46. The van der Waals surface area contributed by atoms with Gasteiger partial charge in [0.05, 0.1) is 16.5 Å². The number of rotatable bonds is 6. The lowest BCUT2D eigenvalue weighted by atomic mass is 9.94. The van der Waals surface area contributed by atoms with Crippen LogP contribution in [0.2, 0.25) is 0 Å². The Balaban J connectivity index is 1.37. The summed E-state index contributed by atoms with van der Waals surface area (Å²) in [4.78, 5) is 15.7. The molecule has 1 aliphatic carbocycles. The van der Waals surface area contributed by atoms with E-state index in [4.69, 9.17) is 21.7 Å². The number of hydrogen-bond acceptors (Lipinski definition) is 5. The summed E-state index contributed by atoms with van der Waals surface area (Å²) in [6.07, 6.45) is 7.51. The van der Waals surface area contributed by atoms with Gasteiger partial charge in [0.2, 0.25) is 0 Å². The van der Waals surface area contributed by atoms with E-state index in [1.54, 1.807) is 7.11 Å². The van der Waals surface area contributed by atoms with Gasteiger partial charge in [0, 0.05) is 6.04 Å². The molecule has 5 rings (SSSR count). The normalized spacial score (nSPS) is 18.0. The Morgan fingerprint density at radius 3 is 2.69 bits per heavy atom. The predicted octanol–water partition coefficient (Wildman–Crippen LogP) is 7.72. The second kappa shape index (κ2) is 10.7. The summed E-state index contributed by atoms with van der Waals surface area (Å²) < 4.78 is 13.3. The molecule has 1 saturated heterocycles. The van der Waals surface area contributed by atoms with Gasteiger partial charge in [-0.15, -0.1) is 0 Å². The first-order valence-electron chi connectivity index (χ1n) is 11.8. The van der Waals surface area contributed by atoms with Crippen LogP contribution in [0.3, 0.4) is 0 Å². The molecule has 0 bridgehead atoms. The minimum atomic E-state index is 0.0123. The number of hydrogen-bond donors (Lipinski definition) is 0. The van der Waals surface area contributed by atoms with Crippen LogP contribution in [0, 0.1) is 0 Å². The monoisotopic (exact) mass is 567 g/mol. The standard InChI is InChI=1S/C28H26BrNO3S2/c1-32-24-15-18(16-25-27(31)30(28(34)35-25)21-11-3-2-4-12-21)14-23(29)26(24)33-17-20-10-7-9-19-8-5-6-13-22(19)20/h5-10,13-16,21H,2-4,11-12,17H2,1H3/b25-16+. The van der Waals surface area contributed by atoms with Crippen molar-refractivity contribution in [2.75, 3.05) is 7.11 Å². The molecule has 0 aromatic heterocycles. The molecular formula is C28H26BrNO3S2. The molecule has 1 saturated carbocycles. The number of amides is 1. The molecule has 0 N–H and O–H groups in total. The number of carbonyl (C=O) groups excluding carboxylic acids is 1. The Morgan fingerprint density at radius 2 is 1.89 bits per heavy atom. The average molecular weight is 569 g/mol. The molecule has 2 aliphatic rings. The summed E-state index contributed by atoms with van der Waals surface area (Å²) in [5.41, 5.74) is 1.96. The lowest BCUT2D eigenvalue weighted by Crippen LogP contribution is -2.39. The summed E-state index contributed by atoms with van der Waals surface area (Å²) in [5, 5.41) is 2.35. The smallest absolute Gasteiger partial charge is 0.266 e. The lowest BCUT2D eigenvalue weighted by molar-refractivity contribution is -0.124. The number of fused-ring (bicyclic) bond motifs is 1. The van der Waals surface area contributed by atoms with Crippen LogP contribution in [0.4, 0.5) is 0 Å². The second-order valence-electron chi connectivity index (χ2n) is 8.80. The van der Waals surface area contributed by atoms with E-state index < -0.39 is 0 Å². The van der Waals surface area contributed by atoms with E-state index in [-0.39, 0.29) is 11.9 Å². The van der Waals surface area contributed by atoms with Crippen LogP contribution in [-0.4, -0.2) is 28.3 Å². The van der Waals surface area contributed by atoms with Gasteiger partial charge in [0.25, 0.3) is 5.91 Å². The Bertz CT molecular complexity index is 1310. The van der Waals surface area contributed by atoms with Crippen molar-refractivity contribution in [2.45, 2.75) is 44.8 Å². The first kappa shape index (κ1) is 24.3. The van der Waals surface area contributed by atoms with Crippen LogP contribution >= 0.6 is 39.9 Å². The fraction of sp³-hybridized carbons (Fsp3) is 0.286. The zero-order chi connectivity index (χ0) is 24.4. The average Bonchev–Trinajstić information content (AvgIpc) is 3.15. The van der Waals surface area contributed by atoms with Crippen molar-refractivity contribution in [3.8, 4) is 11.5 Å². The number of thiocarbonyl (C=S) groups is 1. The molecule has 3 aromatic rings. The molecule has 0 spiro atoms. The van der Waals surface area contributed by atoms with E-state index in [9.17, 15) is 4.79 Å². The Labute approximate surface area is 223 Å². The third kappa shape index (κ3) is 5.13. The number of nitrogens with zero attached hydrogens (tertiary/aromatic N) is 1. The fourth-order valence-electron chi connectivity index (χ4n) is 4.82. The second-order valence-corrected chi connectivity index (χ2v) is 11.3. The molecule has 1 amide bonds. The lowest BCUT2D eigenvalue weighted by Gasteiger charge is -2.29. The molecule has 7 heteroatoms. The highest BCUT2D eigenvalue weighted by atomic mass is 79.9. The van der Waals surface area contributed by atoms with E-state index in [2.05, 4.69) is 40.2 Å². The van der Waals surface area contributed by atoms with Gasteiger partial charge in [-0.25, -0.2) is 0 Å². The molecule has 1 heterocycles. The van der Waals surface area contributed by atoms with Gasteiger partial charge in [0.15, 0.2) is 11.5 Å². The van der Waals surface area contributed by atoms with Crippen molar-refractivity contribution in [1.29, 1.82) is 0 Å². The zero-order valence-electron chi connectivity index (χ0n) is 19.5. The quantitative estimate of drug-likeness (QED) is 0.225. The van der Waals surface area contributed by atoms with Gasteiger partial charge in [-0.1, -0.05) is 85.7 Å². The van der Waals surface area contributed by atoms with Crippen molar-refractivity contribution in [1.82, 2.24) is 4.90 Å². The number of carbonyl (C=O) groups is 1. The topological polar surface area (TPSA) is 38.8 Å².